The van der Waals surface area contributed by atoms with Crippen LogP contribution in [0.25, 0.3) is 0 Å². The summed E-state index contributed by atoms with van der Waals surface area (Å²) >= 11 is 4.79. The predicted molar refractivity (Wildman–Crippen MR) is 60.5 cm³/mol. The fraction of sp³-hybridized carbons (Fsp3) is 0.400. The Labute approximate surface area is 89.3 Å². The number of unbranched alkanes of at least 4 members (excludes halogenated alkanes) is 1. The highest BCUT2D eigenvalue weighted by Crippen LogP contribution is 2.09. The van der Waals surface area contributed by atoms with Gasteiger partial charge in [-0.15, -0.1) is 0 Å². The van der Waals surface area contributed by atoms with Gasteiger partial charge in [-0.25, -0.2) is 4.98 Å². The topological polar surface area (TPSA) is 48.1 Å². The monoisotopic (exact) mass is 210 g/mol. The third-order valence-electron chi connectivity index (χ3n) is 1.76. The van der Waals surface area contributed by atoms with Gasteiger partial charge in [0.15, 0.2) is 0 Å². The molecule has 0 aliphatic rings. The number of pyridine rings is 1. The molecule has 0 aliphatic carbocycles. The summed E-state index contributed by atoms with van der Waals surface area (Å²) in [6, 6.07) is 3.60. The predicted octanol–water partition coefficient (Wildman–Crippen LogP) is 1.89. The average molecular weight is 210 g/mol. The number of hydrogen-bond donors (Lipinski definition) is 1. The van der Waals surface area contributed by atoms with Crippen LogP contribution >= 0.6 is 12.2 Å². The Bertz CT molecular complexity index is 297. The normalized spacial score (nSPS) is 9.79. The largest absolute Gasteiger partial charge is 0.492 e. The van der Waals surface area contributed by atoms with Crippen LogP contribution in [-0.4, -0.2) is 16.6 Å². The fourth-order valence-electron chi connectivity index (χ4n) is 0.946. The van der Waals surface area contributed by atoms with E-state index >= 15 is 0 Å². The molecule has 0 fully saturated rings. The minimum atomic E-state index is 0.310. The summed E-state index contributed by atoms with van der Waals surface area (Å²) in [6.45, 7) is 2.85. The van der Waals surface area contributed by atoms with Crippen molar-refractivity contribution in [2.75, 3.05) is 6.61 Å². The number of thiocarbonyl (C=S) groups is 1. The van der Waals surface area contributed by atoms with Crippen molar-refractivity contribution in [1.82, 2.24) is 4.98 Å². The van der Waals surface area contributed by atoms with Crippen LogP contribution in [-0.2, 0) is 0 Å². The lowest BCUT2D eigenvalue weighted by Crippen LogP contribution is -2.11. The van der Waals surface area contributed by atoms with Crippen LogP contribution < -0.4 is 10.5 Å². The second kappa shape index (κ2) is 5.54. The van der Waals surface area contributed by atoms with Gasteiger partial charge in [0.2, 0.25) is 0 Å². The molecule has 0 unspecified atom stereocenters. The molecule has 0 spiro atoms. The maximum Gasteiger partial charge on any atom is 0.137 e. The first-order valence-corrected chi connectivity index (χ1v) is 5.03. The molecular formula is C10H14N2OS. The summed E-state index contributed by atoms with van der Waals surface area (Å²) in [5.74, 6) is 0.762. The van der Waals surface area contributed by atoms with Gasteiger partial charge in [0.05, 0.1) is 18.5 Å². The number of nitrogens with two attached hydrogens (primary N) is 1. The molecule has 0 radical (unpaired) electrons. The van der Waals surface area contributed by atoms with Crippen molar-refractivity contribution in [2.24, 2.45) is 5.73 Å². The van der Waals surface area contributed by atoms with Gasteiger partial charge >= 0.3 is 0 Å². The Morgan fingerprint density at radius 1 is 1.57 bits per heavy atom. The molecule has 0 atom stereocenters. The van der Waals surface area contributed by atoms with Crippen LogP contribution in [0, 0.1) is 0 Å². The van der Waals surface area contributed by atoms with E-state index in [0.29, 0.717) is 10.7 Å². The van der Waals surface area contributed by atoms with E-state index in [-0.39, 0.29) is 0 Å². The summed E-state index contributed by atoms with van der Waals surface area (Å²) < 4.78 is 5.43. The first kappa shape index (κ1) is 10.9. The van der Waals surface area contributed by atoms with Gasteiger partial charge in [-0.3, -0.25) is 0 Å². The van der Waals surface area contributed by atoms with Crippen LogP contribution in [0.5, 0.6) is 5.75 Å². The van der Waals surface area contributed by atoms with Crippen LogP contribution in [0.15, 0.2) is 18.3 Å². The lowest BCUT2D eigenvalue weighted by Gasteiger charge is -2.04. The van der Waals surface area contributed by atoms with Gasteiger partial charge in [0.1, 0.15) is 10.7 Å². The standard InChI is InChI=1S/C10H14N2OS/c1-2-3-6-13-8-4-5-9(10(11)14)12-7-8/h4-5,7H,2-3,6H2,1H3,(H2,11,14). The molecule has 76 valence electrons. The molecule has 0 bridgehead atoms. The minimum absolute atomic E-state index is 0.310. The fourth-order valence-corrected chi connectivity index (χ4v) is 1.07. The zero-order valence-corrected chi connectivity index (χ0v) is 9.01. The highest BCUT2D eigenvalue weighted by molar-refractivity contribution is 7.80. The van der Waals surface area contributed by atoms with Gasteiger partial charge in [0, 0.05) is 0 Å². The summed E-state index contributed by atoms with van der Waals surface area (Å²) in [5.41, 5.74) is 6.04. The van der Waals surface area contributed by atoms with E-state index in [0.717, 1.165) is 25.2 Å². The van der Waals surface area contributed by atoms with E-state index in [9.17, 15) is 0 Å². The van der Waals surface area contributed by atoms with Crippen molar-refractivity contribution < 1.29 is 4.74 Å². The molecule has 1 aromatic rings. The molecule has 14 heavy (non-hydrogen) atoms. The summed E-state index contributed by atoms with van der Waals surface area (Å²) in [4.78, 5) is 4.38. The molecule has 1 heterocycles. The van der Waals surface area contributed by atoms with Crippen LogP contribution in [0.3, 0.4) is 0 Å². The van der Waals surface area contributed by atoms with Crippen molar-refractivity contribution in [3.05, 3.63) is 24.0 Å². The number of rotatable bonds is 5. The van der Waals surface area contributed by atoms with E-state index in [2.05, 4.69) is 11.9 Å². The van der Waals surface area contributed by atoms with E-state index in [4.69, 9.17) is 22.7 Å². The van der Waals surface area contributed by atoms with Gasteiger partial charge < -0.3 is 10.5 Å². The molecule has 3 nitrogen and oxygen atoms in total. The molecule has 0 saturated carbocycles. The summed E-state index contributed by atoms with van der Waals surface area (Å²) in [7, 11) is 0. The quantitative estimate of drug-likeness (QED) is 0.595. The van der Waals surface area contributed by atoms with Crippen molar-refractivity contribution in [3.8, 4) is 5.75 Å². The lowest BCUT2D eigenvalue weighted by molar-refractivity contribution is 0.308. The van der Waals surface area contributed by atoms with Gasteiger partial charge in [-0.2, -0.15) is 0 Å². The summed E-state index contributed by atoms with van der Waals surface area (Å²) in [5, 5.41) is 0. The zero-order valence-electron chi connectivity index (χ0n) is 8.19. The average Bonchev–Trinajstić information content (AvgIpc) is 2.19. The maximum absolute atomic E-state index is 5.43. The number of nitrogens with zero attached hydrogens (tertiary/aromatic N) is 1. The maximum atomic E-state index is 5.43. The zero-order chi connectivity index (χ0) is 10.4. The minimum Gasteiger partial charge on any atom is -0.492 e. The molecule has 0 aliphatic heterocycles. The SMILES string of the molecule is CCCCOc1ccc(C(N)=S)nc1. The van der Waals surface area contributed by atoms with Crippen molar-refractivity contribution in [1.29, 1.82) is 0 Å². The summed E-state index contributed by atoms with van der Waals surface area (Å²) in [6.07, 6.45) is 3.82. The second-order valence-electron chi connectivity index (χ2n) is 2.95. The van der Waals surface area contributed by atoms with Crippen molar-refractivity contribution in [3.63, 3.8) is 0 Å². The Kier molecular flexibility index (Phi) is 4.32. The van der Waals surface area contributed by atoms with Gasteiger partial charge in [-0.05, 0) is 18.6 Å². The molecule has 1 rings (SSSR count). The lowest BCUT2D eigenvalue weighted by atomic mass is 10.3. The smallest absolute Gasteiger partial charge is 0.137 e. The second-order valence-corrected chi connectivity index (χ2v) is 3.39. The third-order valence-corrected chi connectivity index (χ3v) is 1.96. The van der Waals surface area contributed by atoms with E-state index < -0.39 is 0 Å². The molecular weight excluding hydrogens is 196 g/mol. The number of ether oxygens (including phenoxy) is 1. The van der Waals surface area contributed by atoms with Crippen molar-refractivity contribution >= 4 is 17.2 Å². The molecule has 0 saturated heterocycles. The number of hydrogen-bond acceptors (Lipinski definition) is 3. The highest BCUT2D eigenvalue weighted by atomic mass is 32.1. The Balaban J connectivity index is 2.51. The molecule has 0 amide bonds. The van der Waals surface area contributed by atoms with Gasteiger partial charge in [-0.1, -0.05) is 25.6 Å². The van der Waals surface area contributed by atoms with Crippen LogP contribution in [0.2, 0.25) is 0 Å². The van der Waals surface area contributed by atoms with Crippen molar-refractivity contribution in [2.45, 2.75) is 19.8 Å². The Morgan fingerprint density at radius 2 is 2.36 bits per heavy atom. The third kappa shape index (κ3) is 3.30. The first-order chi connectivity index (χ1) is 6.74. The molecule has 2 N–H and O–H groups in total. The number of aromatic nitrogens is 1. The highest BCUT2D eigenvalue weighted by Gasteiger charge is 1.98. The van der Waals surface area contributed by atoms with Gasteiger partial charge in [0.25, 0.3) is 0 Å². The molecule has 4 heteroatoms. The van der Waals surface area contributed by atoms with Crippen LogP contribution in [0.1, 0.15) is 25.5 Å². The molecule has 1 aromatic heterocycles. The first-order valence-electron chi connectivity index (χ1n) is 4.62. The Morgan fingerprint density at radius 3 is 2.86 bits per heavy atom. The van der Waals surface area contributed by atoms with Crippen LogP contribution in [0.4, 0.5) is 0 Å². The van der Waals surface area contributed by atoms with E-state index in [1.54, 1.807) is 12.3 Å². The Hall–Kier alpha value is -1.16. The van der Waals surface area contributed by atoms with E-state index in [1.807, 2.05) is 6.07 Å². The van der Waals surface area contributed by atoms with E-state index in [1.165, 1.54) is 0 Å². The molecule has 0 aromatic carbocycles.